The largest absolute Gasteiger partial charge is 0.388 e. The molecule has 27 heavy (non-hydrogen) atoms. The van der Waals surface area contributed by atoms with Gasteiger partial charge in [0.15, 0.2) is 11.3 Å². The van der Waals surface area contributed by atoms with Gasteiger partial charge >= 0.3 is 0 Å². The van der Waals surface area contributed by atoms with Crippen LogP contribution in [-0.2, 0) is 16.0 Å². The van der Waals surface area contributed by atoms with Gasteiger partial charge in [0.1, 0.15) is 23.7 Å². The summed E-state index contributed by atoms with van der Waals surface area (Å²) in [5.41, 5.74) is 0.810. The lowest BCUT2D eigenvalue weighted by Gasteiger charge is -2.37. The molecule has 1 amide bonds. The summed E-state index contributed by atoms with van der Waals surface area (Å²) < 4.78 is 5.74. The smallest absolute Gasteiger partial charge is 0.252 e. The lowest BCUT2D eigenvalue weighted by atomic mass is 9.97. The van der Waals surface area contributed by atoms with Crippen molar-refractivity contribution in [1.82, 2.24) is 10.6 Å². The highest BCUT2D eigenvalue weighted by Gasteiger charge is 2.50. The fourth-order valence-electron chi connectivity index (χ4n) is 3.22. The third-order valence-corrected chi connectivity index (χ3v) is 5.78. The SMILES string of the molecule is CCNC1=N[C@@H]2[C@@H](O)[C@H](O)[C@@H](C(=O)NCCCCc3ccccc3)O[C@@H]2S1. The van der Waals surface area contributed by atoms with Crippen LogP contribution in [-0.4, -0.2) is 64.2 Å². The molecule has 0 aromatic heterocycles. The molecule has 7 nitrogen and oxygen atoms in total. The van der Waals surface area contributed by atoms with E-state index in [1.54, 1.807) is 0 Å². The summed E-state index contributed by atoms with van der Waals surface area (Å²) in [6.07, 6.45) is -0.744. The Kier molecular flexibility index (Phi) is 7.12. The van der Waals surface area contributed by atoms with Gasteiger partial charge in [0, 0.05) is 13.1 Å². The number of aliphatic hydroxyl groups excluding tert-OH is 2. The number of aryl methyl sites for hydroxylation is 1. The average Bonchev–Trinajstić information content (AvgIpc) is 3.08. The molecular formula is C19H27N3O4S. The highest BCUT2D eigenvalue weighted by molar-refractivity contribution is 8.14. The molecular weight excluding hydrogens is 366 g/mol. The first-order valence-electron chi connectivity index (χ1n) is 9.41. The number of rotatable bonds is 7. The number of carbonyl (C=O) groups excluding carboxylic acids is 1. The number of carbonyl (C=O) groups is 1. The topological polar surface area (TPSA) is 103 Å². The van der Waals surface area contributed by atoms with Crippen molar-refractivity contribution in [3.63, 3.8) is 0 Å². The number of benzene rings is 1. The van der Waals surface area contributed by atoms with E-state index in [9.17, 15) is 15.0 Å². The molecule has 148 valence electrons. The van der Waals surface area contributed by atoms with Crippen molar-refractivity contribution < 1.29 is 19.7 Å². The molecule has 1 saturated heterocycles. The normalized spacial score (nSPS) is 29.7. The Morgan fingerprint density at radius 2 is 2.00 bits per heavy atom. The van der Waals surface area contributed by atoms with Crippen LogP contribution in [0.1, 0.15) is 25.3 Å². The molecule has 2 aliphatic rings. The molecule has 2 aliphatic heterocycles. The molecule has 2 heterocycles. The van der Waals surface area contributed by atoms with E-state index in [-0.39, 0.29) is 0 Å². The molecule has 8 heteroatoms. The summed E-state index contributed by atoms with van der Waals surface area (Å²) in [5, 5.41) is 27.2. The van der Waals surface area contributed by atoms with Gasteiger partial charge in [-0.25, -0.2) is 0 Å². The molecule has 1 fully saturated rings. The first-order valence-corrected chi connectivity index (χ1v) is 10.3. The average molecular weight is 394 g/mol. The van der Waals surface area contributed by atoms with Crippen LogP contribution in [0.25, 0.3) is 0 Å². The Morgan fingerprint density at radius 1 is 1.22 bits per heavy atom. The number of amidine groups is 1. The minimum absolute atomic E-state index is 0.391. The molecule has 5 atom stereocenters. The molecule has 0 aliphatic carbocycles. The quantitative estimate of drug-likeness (QED) is 0.508. The minimum atomic E-state index is -1.29. The summed E-state index contributed by atoms with van der Waals surface area (Å²) in [6.45, 7) is 3.16. The Bertz CT molecular complexity index is 658. The third kappa shape index (κ3) is 5.01. The van der Waals surface area contributed by atoms with E-state index in [4.69, 9.17) is 4.74 Å². The second kappa shape index (κ2) is 9.54. The van der Waals surface area contributed by atoms with Crippen LogP contribution in [0, 0.1) is 0 Å². The van der Waals surface area contributed by atoms with E-state index < -0.39 is 35.7 Å². The predicted molar refractivity (Wildman–Crippen MR) is 106 cm³/mol. The predicted octanol–water partition coefficient (Wildman–Crippen LogP) is 0.653. The van der Waals surface area contributed by atoms with Crippen LogP contribution in [0.5, 0.6) is 0 Å². The summed E-state index contributed by atoms with van der Waals surface area (Å²) in [4.78, 5) is 16.8. The third-order valence-electron chi connectivity index (χ3n) is 4.68. The maximum atomic E-state index is 12.4. The number of fused-ring (bicyclic) bond motifs is 1. The lowest BCUT2D eigenvalue weighted by molar-refractivity contribution is -0.171. The van der Waals surface area contributed by atoms with Gasteiger partial charge in [0.2, 0.25) is 0 Å². The van der Waals surface area contributed by atoms with Gasteiger partial charge < -0.3 is 25.6 Å². The number of aliphatic imine (C=N–C) groups is 1. The van der Waals surface area contributed by atoms with Crippen LogP contribution < -0.4 is 10.6 Å². The molecule has 0 saturated carbocycles. The van der Waals surface area contributed by atoms with Crippen LogP contribution >= 0.6 is 11.8 Å². The summed E-state index contributed by atoms with van der Waals surface area (Å²) in [7, 11) is 0. The molecule has 4 N–H and O–H groups in total. The monoisotopic (exact) mass is 393 g/mol. The Labute approximate surface area is 163 Å². The van der Waals surface area contributed by atoms with Crippen LogP contribution in [0.3, 0.4) is 0 Å². The van der Waals surface area contributed by atoms with E-state index in [0.717, 1.165) is 19.3 Å². The number of nitrogens with one attached hydrogen (secondary N) is 2. The second-order valence-electron chi connectivity index (χ2n) is 6.71. The molecule has 0 spiro atoms. The summed E-state index contributed by atoms with van der Waals surface area (Å²) >= 11 is 1.34. The molecule has 1 aromatic rings. The van der Waals surface area contributed by atoms with Crippen molar-refractivity contribution in [2.45, 2.75) is 56.0 Å². The Morgan fingerprint density at radius 3 is 2.74 bits per heavy atom. The first-order chi connectivity index (χ1) is 13.1. The maximum absolute atomic E-state index is 12.4. The molecule has 3 rings (SSSR count). The zero-order chi connectivity index (χ0) is 19.2. The standard InChI is InChI=1S/C19H27N3O4S/c1-2-20-19-22-13-14(23)15(24)16(26-18(13)27-19)17(25)21-11-7-6-10-12-8-4-3-5-9-12/h3-5,8-9,13-16,18,23-24H,2,6-7,10-11H2,1H3,(H,20,22)(H,21,25)/t13-,14-,15+,16+,18-/m1/s1. The Hall–Kier alpha value is -1.61. The van der Waals surface area contributed by atoms with Crippen LogP contribution in [0.15, 0.2) is 35.3 Å². The first kappa shape index (κ1) is 20.1. The van der Waals surface area contributed by atoms with Crippen LogP contribution in [0.2, 0.25) is 0 Å². The number of nitrogens with zero attached hydrogens (tertiary/aromatic N) is 1. The second-order valence-corrected chi connectivity index (χ2v) is 7.80. The molecule has 0 radical (unpaired) electrons. The van der Waals surface area contributed by atoms with Gasteiger partial charge in [-0.15, -0.1) is 0 Å². The summed E-state index contributed by atoms with van der Waals surface area (Å²) in [6, 6.07) is 9.64. The molecule has 1 aromatic carbocycles. The van der Waals surface area contributed by atoms with Crippen molar-refractivity contribution in [1.29, 1.82) is 0 Å². The number of unbranched alkanes of at least 4 members (excludes halogenated alkanes) is 1. The number of hydrogen-bond acceptors (Lipinski definition) is 7. The van der Waals surface area contributed by atoms with Gasteiger partial charge in [-0.1, -0.05) is 42.1 Å². The van der Waals surface area contributed by atoms with Crippen molar-refractivity contribution in [3.05, 3.63) is 35.9 Å². The van der Waals surface area contributed by atoms with Gasteiger partial charge in [0.25, 0.3) is 5.91 Å². The van der Waals surface area contributed by atoms with Crippen molar-refractivity contribution in [2.75, 3.05) is 13.1 Å². The zero-order valence-electron chi connectivity index (χ0n) is 15.4. The highest BCUT2D eigenvalue weighted by Crippen LogP contribution is 2.35. The fraction of sp³-hybridized carbons (Fsp3) is 0.579. The van der Waals surface area contributed by atoms with Crippen LogP contribution in [0.4, 0.5) is 0 Å². The lowest BCUT2D eigenvalue weighted by Crippen LogP contribution is -2.59. The van der Waals surface area contributed by atoms with Gasteiger partial charge in [-0.2, -0.15) is 0 Å². The number of amides is 1. The molecule has 0 bridgehead atoms. The number of thioether (sulfide) groups is 1. The number of ether oxygens (including phenoxy) is 1. The van der Waals surface area contributed by atoms with Gasteiger partial charge in [-0.05, 0) is 31.7 Å². The zero-order valence-corrected chi connectivity index (χ0v) is 16.2. The van der Waals surface area contributed by atoms with Gasteiger partial charge in [-0.3, -0.25) is 9.79 Å². The van der Waals surface area contributed by atoms with E-state index >= 15 is 0 Å². The number of aliphatic hydroxyl groups is 2. The maximum Gasteiger partial charge on any atom is 0.252 e. The van der Waals surface area contributed by atoms with Crippen molar-refractivity contribution in [3.8, 4) is 0 Å². The number of hydrogen-bond donors (Lipinski definition) is 4. The van der Waals surface area contributed by atoms with E-state index in [2.05, 4.69) is 27.8 Å². The van der Waals surface area contributed by atoms with E-state index in [1.807, 2.05) is 25.1 Å². The minimum Gasteiger partial charge on any atom is -0.388 e. The highest BCUT2D eigenvalue weighted by atomic mass is 32.2. The fourth-order valence-corrected chi connectivity index (χ4v) is 4.39. The molecule has 0 unspecified atom stereocenters. The van der Waals surface area contributed by atoms with E-state index in [0.29, 0.717) is 18.3 Å². The Balaban J connectivity index is 1.43. The van der Waals surface area contributed by atoms with Crippen molar-refractivity contribution in [2.24, 2.45) is 4.99 Å². The van der Waals surface area contributed by atoms with Gasteiger partial charge in [0.05, 0.1) is 0 Å². The summed E-state index contributed by atoms with van der Waals surface area (Å²) in [5.74, 6) is -0.391. The van der Waals surface area contributed by atoms with Crippen molar-refractivity contribution >= 4 is 22.8 Å². The van der Waals surface area contributed by atoms with E-state index in [1.165, 1.54) is 17.3 Å².